The van der Waals surface area contributed by atoms with Gasteiger partial charge in [0.1, 0.15) is 18.8 Å². The van der Waals surface area contributed by atoms with Crippen molar-refractivity contribution in [2.45, 2.75) is 122 Å². The zero-order chi connectivity index (χ0) is 35.2. The van der Waals surface area contributed by atoms with Crippen molar-refractivity contribution in [3.63, 3.8) is 0 Å². The number of hydrogen-bond donors (Lipinski definition) is 1. The summed E-state index contributed by atoms with van der Waals surface area (Å²) in [6.07, 6.45) is -8.41. The summed E-state index contributed by atoms with van der Waals surface area (Å²) in [5.41, 5.74) is 0.873. The molecule has 0 aromatic heterocycles. The molecule has 0 bridgehead atoms. The van der Waals surface area contributed by atoms with Crippen LogP contribution in [0.1, 0.15) is 60.5 Å². The van der Waals surface area contributed by atoms with Gasteiger partial charge in [-0.15, -0.1) is 0 Å². The minimum atomic E-state index is -1.35. The molecule has 0 saturated carbocycles. The Morgan fingerprint density at radius 1 is 0.812 bits per heavy atom. The third-order valence-corrected chi connectivity index (χ3v) is 8.09. The molecule has 48 heavy (non-hydrogen) atoms. The van der Waals surface area contributed by atoms with Crippen LogP contribution in [0.4, 0.5) is 0 Å². The SMILES string of the molecule is CC(=O)N[C@H]1[C@@H](OCc2ccccc2)O[C@@H]2COC(C)(C)O[C@H]2[C@@H]1C[C@@H]1O[C@@H](COC(C)=O)[C@@H](OC(C)=O)[C@@H](OC(C)=O)[C@@H]1OC(C)=O. The molecule has 10 atom stereocenters. The summed E-state index contributed by atoms with van der Waals surface area (Å²) >= 11 is 0. The minimum absolute atomic E-state index is 0.0236. The predicted octanol–water partition coefficient (Wildman–Crippen LogP) is 1.72. The molecule has 15 nitrogen and oxygen atoms in total. The minimum Gasteiger partial charge on any atom is -0.463 e. The lowest BCUT2D eigenvalue weighted by Gasteiger charge is -2.53. The molecule has 3 aliphatic rings. The molecule has 3 saturated heterocycles. The van der Waals surface area contributed by atoms with Crippen molar-refractivity contribution in [2.24, 2.45) is 5.92 Å². The monoisotopic (exact) mass is 679 g/mol. The Morgan fingerprint density at radius 3 is 2.00 bits per heavy atom. The molecule has 0 aliphatic carbocycles. The summed E-state index contributed by atoms with van der Waals surface area (Å²) in [6.45, 7) is 9.49. The van der Waals surface area contributed by atoms with Gasteiger partial charge in [-0.1, -0.05) is 30.3 Å². The van der Waals surface area contributed by atoms with Crippen molar-refractivity contribution in [2.75, 3.05) is 13.2 Å². The van der Waals surface area contributed by atoms with Crippen LogP contribution in [0.5, 0.6) is 0 Å². The number of ether oxygens (including phenoxy) is 9. The molecule has 0 unspecified atom stereocenters. The van der Waals surface area contributed by atoms with E-state index in [9.17, 15) is 24.0 Å². The summed E-state index contributed by atoms with van der Waals surface area (Å²) in [5, 5.41) is 2.96. The molecule has 266 valence electrons. The lowest BCUT2D eigenvalue weighted by Crippen LogP contribution is -2.68. The molecule has 1 aromatic rings. The van der Waals surface area contributed by atoms with Crippen LogP contribution < -0.4 is 5.32 Å². The third kappa shape index (κ3) is 9.95. The van der Waals surface area contributed by atoms with Gasteiger partial charge in [-0.2, -0.15) is 0 Å². The summed E-state index contributed by atoms with van der Waals surface area (Å²) in [4.78, 5) is 61.5. The first-order valence-electron chi connectivity index (χ1n) is 15.8. The first-order valence-corrected chi connectivity index (χ1v) is 15.8. The van der Waals surface area contributed by atoms with E-state index in [0.717, 1.165) is 19.4 Å². The molecule has 1 aromatic carbocycles. The van der Waals surface area contributed by atoms with E-state index in [0.29, 0.717) is 0 Å². The van der Waals surface area contributed by atoms with Crippen LogP contribution in [-0.4, -0.2) is 104 Å². The van der Waals surface area contributed by atoms with Crippen LogP contribution in [-0.2, 0) is 73.2 Å². The fourth-order valence-corrected chi connectivity index (χ4v) is 6.32. The van der Waals surface area contributed by atoms with Gasteiger partial charge in [-0.3, -0.25) is 24.0 Å². The lowest BCUT2D eigenvalue weighted by molar-refractivity contribution is -0.367. The zero-order valence-electron chi connectivity index (χ0n) is 28.2. The van der Waals surface area contributed by atoms with Crippen LogP contribution in [0.2, 0.25) is 0 Å². The van der Waals surface area contributed by atoms with Crippen LogP contribution in [0.15, 0.2) is 30.3 Å². The van der Waals surface area contributed by atoms with Crippen LogP contribution in [0, 0.1) is 5.92 Å². The van der Waals surface area contributed by atoms with Crippen LogP contribution in [0.3, 0.4) is 0 Å². The van der Waals surface area contributed by atoms with Gasteiger partial charge < -0.3 is 47.9 Å². The van der Waals surface area contributed by atoms with E-state index in [4.69, 9.17) is 42.6 Å². The Balaban J connectivity index is 1.76. The number of carbonyl (C=O) groups is 5. The highest BCUT2D eigenvalue weighted by molar-refractivity contribution is 5.73. The van der Waals surface area contributed by atoms with Gasteiger partial charge in [-0.25, -0.2) is 0 Å². The molecular formula is C33H45NO14. The quantitative estimate of drug-likeness (QED) is 0.264. The molecule has 3 fully saturated rings. The van der Waals surface area contributed by atoms with Gasteiger partial charge in [0, 0.05) is 40.5 Å². The Labute approximate surface area is 279 Å². The topological polar surface area (TPSA) is 180 Å². The van der Waals surface area contributed by atoms with E-state index in [1.165, 1.54) is 20.8 Å². The second-order valence-corrected chi connectivity index (χ2v) is 12.5. The largest absolute Gasteiger partial charge is 0.463 e. The number of benzene rings is 1. The maximum atomic E-state index is 12.6. The molecule has 1 amide bonds. The van der Waals surface area contributed by atoms with Gasteiger partial charge in [0.25, 0.3) is 0 Å². The van der Waals surface area contributed by atoms with Gasteiger partial charge in [0.15, 0.2) is 30.4 Å². The van der Waals surface area contributed by atoms with E-state index in [1.807, 2.05) is 30.3 Å². The molecule has 0 spiro atoms. The fourth-order valence-electron chi connectivity index (χ4n) is 6.32. The molecule has 15 heteroatoms. The molecule has 3 heterocycles. The molecule has 1 N–H and O–H groups in total. The first kappa shape index (κ1) is 37.2. The number of carbonyl (C=O) groups excluding carboxylic acids is 5. The maximum Gasteiger partial charge on any atom is 0.303 e. The summed E-state index contributed by atoms with van der Waals surface area (Å²) in [6, 6.07) is 8.60. The van der Waals surface area contributed by atoms with Gasteiger partial charge in [-0.05, 0) is 25.8 Å². The standard InChI is InChI=1S/C33H45NO14/c1-17(35)34-27-23(28-26(16-42-33(6,7)48-28)47-32(27)41-14-22-11-9-8-10-12-22)13-24-29(43-19(3)37)31(45-21(5)39)30(44-20(4)38)25(46-24)15-40-18(2)36/h8-12,23-32H,13-16H2,1-7H3,(H,34,35)/t23-,24+,25+,26-,27-,28+,29-,30-,31+,32+/m1/s1. The van der Waals surface area contributed by atoms with Crippen molar-refractivity contribution < 1.29 is 66.6 Å². The smallest absolute Gasteiger partial charge is 0.303 e. The van der Waals surface area contributed by atoms with Crippen molar-refractivity contribution in [1.82, 2.24) is 5.32 Å². The van der Waals surface area contributed by atoms with Crippen molar-refractivity contribution in [3.05, 3.63) is 35.9 Å². The van der Waals surface area contributed by atoms with Gasteiger partial charge in [0.05, 0.1) is 31.5 Å². The van der Waals surface area contributed by atoms with E-state index >= 15 is 0 Å². The molecule has 3 aliphatic heterocycles. The van der Waals surface area contributed by atoms with Crippen LogP contribution in [0.25, 0.3) is 0 Å². The third-order valence-electron chi connectivity index (χ3n) is 8.09. The number of amides is 1. The predicted molar refractivity (Wildman–Crippen MR) is 162 cm³/mol. The van der Waals surface area contributed by atoms with E-state index in [-0.39, 0.29) is 32.1 Å². The number of hydrogen-bond acceptors (Lipinski definition) is 14. The van der Waals surface area contributed by atoms with Crippen molar-refractivity contribution >= 4 is 29.8 Å². The highest BCUT2D eigenvalue weighted by Gasteiger charge is 2.57. The van der Waals surface area contributed by atoms with Crippen LogP contribution >= 0.6 is 0 Å². The molecule has 4 rings (SSSR count). The normalized spacial score (nSPS) is 32.6. The highest BCUT2D eigenvalue weighted by atomic mass is 16.8. The van der Waals surface area contributed by atoms with Crippen molar-refractivity contribution in [3.8, 4) is 0 Å². The number of esters is 4. The van der Waals surface area contributed by atoms with Crippen molar-refractivity contribution in [1.29, 1.82) is 0 Å². The second kappa shape index (κ2) is 16.2. The number of nitrogens with one attached hydrogen (secondary N) is 1. The summed E-state index contributed by atoms with van der Waals surface area (Å²) in [5.74, 6) is -4.85. The Hall–Kier alpha value is -3.63. The first-order chi connectivity index (χ1) is 22.6. The Kier molecular flexibility index (Phi) is 12.5. The average Bonchev–Trinajstić information content (AvgIpc) is 2.98. The van der Waals surface area contributed by atoms with E-state index in [1.54, 1.807) is 13.8 Å². The summed E-state index contributed by atoms with van der Waals surface area (Å²) < 4.78 is 53.4. The molecular weight excluding hydrogens is 634 g/mol. The Morgan fingerprint density at radius 2 is 1.42 bits per heavy atom. The fraction of sp³-hybridized carbons (Fsp3) is 0.667. The second-order valence-electron chi connectivity index (χ2n) is 12.5. The van der Waals surface area contributed by atoms with E-state index in [2.05, 4.69) is 5.32 Å². The molecule has 0 radical (unpaired) electrons. The van der Waals surface area contributed by atoms with Gasteiger partial charge in [0.2, 0.25) is 5.91 Å². The number of rotatable bonds is 11. The lowest BCUT2D eigenvalue weighted by atomic mass is 9.79. The average molecular weight is 680 g/mol. The summed E-state index contributed by atoms with van der Waals surface area (Å²) in [7, 11) is 0. The highest BCUT2D eigenvalue weighted by Crippen LogP contribution is 2.41. The zero-order valence-corrected chi connectivity index (χ0v) is 28.2. The van der Waals surface area contributed by atoms with Gasteiger partial charge >= 0.3 is 23.9 Å². The maximum absolute atomic E-state index is 12.6. The Bertz CT molecular complexity index is 1300. The van der Waals surface area contributed by atoms with E-state index < -0.39 is 90.6 Å². The number of fused-ring (bicyclic) bond motifs is 1.